The van der Waals surface area contributed by atoms with E-state index in [2.05, 4.69) is 16.1 Å². The topological polar surface area (TPSA) is 170 Å². The number of guanidine groups is 1. The Morgan fingerprint density at radius 2 is 1.92 bits per heavy atom. The summed E-state index contributed by atoms with van der Waals surface area (Å²) in [6, 6.07) is 8.60. The average Bonchev–Trinajstić information content (AvgIpc) is 2.78. The van der Waals surface area contributed by atoms with Crippen molar-refractivity contribution >= 4 is 39.8 Å². The molecule has 0 atom stereocenters. The molecule has 6 N–H and O–H groups in total. The van der Waals surface area contributed by atoms with Gasteiger partial charge in [-0.2, -0.15) is 14.0 Å². The average molecular weight is 549 g/mol. The van der Waals surface area contributed by atoms with Gasteiger partial charge >= 0.3 is 0 Å². The Morgan fingerprint density at radius 1 is 1.25 bits per heavy atom. The summed E-state index contributed by atoms with van der Waals surface area (Å²) in [4.78, 5) is 16.4. The molecule has 0 fully saturated rings. The van der Waals surface area contributed by atoms with E-state index in [4.69, 9.17) is 16.0 Å². The highest BCUT2D eigenvalue weighted by molar-refractivity contribution is 7.90. The van der Waals surface area contributed by atoms with E-state index in [1.165, 1.54) is 18.2 Å². The third-order valence-corrected chi connectivity index (χ3v) is 5.75. The van der Waals surface area contributed by atoms with E-state index in [0.717, 1.165) is 24.5 Å². The number of rotatable bonds is 11. The van der Waals surface area contributed by atoms with Crippen LogP contribution >= 0.6 is 12.4 Å². The number of nitriles is 1. The van der Waals surface area contributed by atoms with Gasteiger partial charge in [0.25, 0.3) is 5.92 Å². The van der Waals surface area contributed by atoms with E-state index in [1.54, 1.807) is 6.07 Å². The highest BCUT2D eigenvalue weighted by Crippen LogP contribution is 2.34. The Labute approximate surface area is 211 Å². The number of carbonyl (C=O) groups excluding carboxylic acids is 1. The normalized spacial score (nSPS) is 11.1. The second kappa shape index (κ2) is 13.0. The van der Waals surface area contributed by atoms with E-state index < -0.39 is 62.6 Å². The molecule has 0 aliphatic heterocycles. The van der Waals surface area contributed by atoms with Crippen molar-refractivity contribution in [3.63, 3.8) is 0 Å². The Kier molecular flexibility index (Phi) is 11.0. The maximum absolute atomic E-state index is 15.1. The zero-order valence-corrected chi connectivity index (χ0v) is 20.5. The third kappa shape index (κ3) is 8.29. The van der Waals surface area contributed by atoms with E-state index in [1.807, 2.05) is 0 Å². The van der Waals surface area contributed by atoms with Crippen LogP contribution in [-0.2, 0) is 31.8 Å². The maximum Gasteiger partial charge on any atom is 0.291 e. The van der Waals surface area contributed by atoms with E-state index in [-0.39, 0.29) is 36.7 Å². The molecule has 0 aliphatic rings. The first-order valence-corrected chi connectivity index (χ1v) is 11.9. The van der Waals surface area contributed by atoms with Crippen LogP contribution in [0.25, 0.3) is 0 Å². The lowest BCUT2D eigenvalue weighted by Crippen LogP contribution is -2.35. The zero-order valence-electron chi connectivity index (χ0n) is 18.9. The molecule has 36 heavy (non-hydrogen) atoms. The summed E-state index contributed by atoms with van der Waals surface area (Å²) in [5, 5.41) is 20.8. The van der Waals surface area contributed by atoms with E-state index in [9.17, 15) is 27.3 Å². The first-order valence-electron chi connectivity index (χ1n) is 9.98. The quantitative estimate of drug-likeness (QED) is 0.122. The number of nitrogens with one attached hydrogen (secondary N) is 4. The summed E-state index contributed by atoms with van der Waals surface area (Å²) in [7, 11) is -3.94. The van der Waals surface area contributed by atoms with Crippen molar-refractivity contribution in [2.75, 3.05) is 31.3 Å². The minimum Gasteiger partial charge on any atom is -0.376 e. The molecule has 0 saturated carbocycles. The molecule has 0 bridgehead atoms. The van der Waals surface area contributed by atoms with Gasteiger partial charge in [-0.3, -0.25) is 15.0 Å². The number of amides is 1. The molecule has 2 aromatic carbocycles. The minimum absolute atomic E-state index is 0. The molecule has 1 amide bonds. The molecular formula is C21H24ClF3N6O4S. The fourth-order valence-electron chi connectivity index (χ4n) is 3.02. The van der Waals surface area contributed by atoms with Gasteiger partial charge in [-0.1, -0.05) is 18.2 Å². The van der Waals surface area contributed by atoms with Gasteiger partial charge in [-0.05, 0) is 18.2 Å². The summed E-state index contributed by atoms with van der Waals surface area (Å²) < 4.78 is 68.5. The summed E-state index contributed by atoms with van der Waals surface area (Å²) in [6.07, 6.45) is 0.247. The molecule has 0 saturated heterocycles. The van der Waals surface area contributed by atoms with Crippen LogP contribution in [0.3, 0.4) is 0 Å². The Hall–Kier alpha value is -3.54. The first-order chi connectivity index (χ1) is 16.4. The van der Waals surface area contributed by atoms with Gasteiger partial charge in [0.05, 0.1) is 41.8 Å². The lowest BCUT2D eigenvalue weighted by molar-refractivity contribution is -0.120. The summed E-state index contributed by atoms with van der Waals surface area (Å²) in [6.45, 7) is -1.23. The maximum atomic E-state index is 15.1. The Morgan fingerprint density at radius 3 is 2.53 bits per heavy atom. The predicted molar refractivity (Wildman–Crippen MR) is 128 cm³/mol. The standard InChI is InChI=1S/C21H23F3N6O4S.ClH/c1-35(32,33)17-5-3-2-4-15(17)21(23,24)12-29-16-7-6-13(11-25)14(19(16)22)10-18(31)28-8-9-34-30-20(26)27;/h2-7,29H,8-10,12H2,1H3,(H,28,31)(H4,26,27,30);1H. The van der Waals surface area contributed by atoms with Gasteiger partial charge in [0.2, 0.25) is 11.9 Å². The van der Waals surface area contributed by atoms with Gasteiger partial charge in [-0.15, -0.1) is 12.4 Å². The number of hydrogen-bond acceptors (Lipinski definition) is 7. The van der Waals surface area contributed by atoms with Gasteiger partial charge in [0, 0.05) is 23.9 Å². The van der Waals surface area contributed by atoms with Gasteiger partial charge in [0.1, 0.15) is 0 Å². The molecule has 0 heterocycles. The third-order valence-electron chi connectivity index (χ3n) is 4.59. The fourth-order valence-corrected chi connectivity index (χ4v) is 3.96. The van der Waals surface area contributed by atoms with Gasteiger partial charge < -0.3 is 16.4 Å². The highest BCUT2D eigenvalue weighted by Gasteiger charge is 2.36. The molecule has 0 radical (unpaired) electrons. The van der Waals surface area contributed by atoms with Crippen LogP contribution in [0.15, 0.2) is 41.3 Å². The molecule has 0 spiro atoms. The van der Waals surface area contributed by atoms with E-state index in [0.29, 0.717) is 0 Å². The number of hydroxylamine groups is 1. The van der Waals surface area contributed by atoms with Crippen LogP contribution in [0.1, 0.15) is 16.7 Å². The summed E-state index contributed by atoms with van der Waals surface area (Å²) >= 11 is 0. The molecule has 0 aromatic heterocycles. The number of alkyl halides is 2. The number of halogens is 4. The number of anilines is 1. The molecule has 0 aliphatic carbocycles. The van der Waals surface area contributed by atoms with Crippen LogP contribution in [0.2, 0.25) is 0 Å². The molecule has 196 valence electrons. The fraction of sp³-hybridized carbons (Fsp3) is 0.286. The van der Waals surface area contributed by atoms with Crippen LogP contribution in [-0.4, -0.2) is 46.2 Å². The van der Waals surface area contributed by atoms with Crippen molar-refractivity contribution in [1.82, 2.24) is 10.8 Å². The number of hydrogen-bond donors (Lipinski definition) is 5. The highest BCUT2D eigenvalue weighted by atomic mass is 35.5. The molecule has 10 nitrogen and oxygen atoms in total. The van der Waals surface area contributed by atoms with Crippen molar-refractivity contribution in [2.24, 2.45) is 5.73 Å². The second-order valence-electron chi connectivity index (χ2n) is 7.28. The van der Waals surface area contributed by atoms with Crippen LogP contribution < -0.4 is 21.8 Å². The molecular weight excluding hydrogens is 525 g/mol. The van der Waals surface area contributed by atoms with Crippen LogP contribution in [0.5, 0.6) is 0 Å². The number of benzene rings is 2. The van der Waals surface area contributed by atoms with Crippen molar-refractivity contribution in [1.29, 1.82) is 10.7 Å². The number of carbonyl (C=O) groups is 1. The lowest BCUT2D eigenvalue weighted by Gasteiger charge is -2.21. The van der Waals surface area contributed by atoms with Crippen LogP contribution in [0.4, 0.5) is 18.9 Å². The van der Waals surface area contributed by atoms with E-state index >= 15 is 4.39 Å². The van der Waals surface area contributed by atoms with Gasteiger partial charge in [-0.25, -0.2) is 18.3 Å². The number of sulfone groups is 1. The monoisotopic (exact) mass is 548 g/mol. The minimum atomic E-state index is -3.94. The smallest absolute Gasteiger partial charge is 0.291 e. The largest absolute Gasteiger partial charge is 0.376 e. The van der Waals surface area contributed by atoms with Crippen molar-refractivity contribution < 1.29 is 31.2 Å². The number of nitrogens with two attached hydrogens (primary N) is 1. The van der Waals surface area contributed by atoms with Crippen molar-refractivity contribution in [3.05, 3.63) is 58.9 Å². The Balaban J connectivity index is 0.00000648. The first kappa shape index (κ1) is 30.5. The molecule has 2 rings (SSSR count). The molecule has 0 unspecified atom stereocenters. The lowest BCUT2D eigenvalue weighted by atomic mass is 10.0. The summed E-state index contributed by atoms with van der Waals surface area (Å²) in [5.74, 6) is -5.87. The van der Waals surface area contributed by atoms with Crippen LogP contribution in [0, 0.1) is 22.6 Å². The second-order valence-corrected chi connectivity index (χ2v) is 9.27. The Bertz CT molecular complexity index is 1250. The van der Waals surface area contributed by atoms with Crippen molar-refractivity contribution in [3.8, 4) is 6.07 Å². The molecule has 15 heteroatoms. The zero-order chi connectivity index (χ0) is 26.2. The van der Waals surface area contributed by atoms with Crippen molar-refractivity contribution in [2.45, 2.75) is 17.2 Å². The van der Waals surface area contributed by atoms with Gasteiger partial charge in [0.15, 0.2) is 15.7 Å². The predicted octanol–water partition coefficient (Wildman–Crippen LogP) is 1.80. The SMILES string of the molecule is CS(=O)(=O)c1ccccc1C(F)(F)CNc1ccc(C#N)c(CC(=O)NCCONC(=N)N)c1F.Cl. The summed E-state index contributed by atoms with van der Waals surface area (Å²) in [5.41, 5.74) is 5.47. The number of nitrogens with zero attached hydrogens (tertiary/aromatic N) is 1. The molecule has 2 aromatic rings.